The van der Waals surface area contributed by atoms with E-state index in [0.29, 0.717) is 18.8 Å². The Kier molecular flexibility index (Phi) is 22.2. The van der Waals surface area contributed by atoms with E-state index in [-0.39, 0.29) is 12.8 Å². The van der Waals surface area contributed by atoms with Crippen molar-refractivity contribution < 1.29 is 23.9 Å². The van der Waals surface area contributed by atoms with Crippen LogP contribution >= 0.6 is 11.6 Å². The van der Waals surface area contributed by atoms with Gasteiger partial charge in [-0.05, 0) is 61.3 Å². The van der Waals surface area contributed by atoms with Crippen molar-refractivity contribution in [1.82, 2.24) is 4.90 Å². The van der Waals surface area contributed by atoms with E-state index in [9.17, 15) is 13.6 Å². The van der Waals surface area contributed by atoms with E-state index in [4.69, 9.17) is 11.6 Å². The molecule has 7 heteroatoms. The standard InChI is InChI=1S/C12H17ClN2.C12H15NO.C6H10F2.3C2H2/c1-2-3-11-10(4-5-12(13)15-11)9-6-7-14-8-9;14-10-13-8-6-12(7-9-13)11-4-2-1-3-5-11;7-6(8)4-2-1-3-5-6;3*1-2/h4-5,9,14H,2-3,6-8H2,1H3;1-5,10,12H,6-9H2;1-5H2;3*1-2H/p+2/t9-;;;;;/m0...../s1. The molecular weight excluding hydrogens is 564 g/mol. The van der Waals surface area contributed by atoms with E-state index >= 15 is 0 Å². The second-order valence-corrected chi connectivity index (χ2v) is 10.9. The lowest BCUT2D eigenvalue weighted by Crippen LogP contribution is -2.81. The van der Waals surface area contributed by atoms with E-state index in [1.807, 2.05) is 17.0 Å². The number of alkyl halides is 2. The number of nitrogens with two attached hydrogens (primary N) is 1. The van der Waals surface area contributed by atoms with Crippen molar-refractivity contribution in [3.63, 3.8) is 0 Å². The number of halogens is 3. The Labute approximate surface area is 264 Å². The number of carbonyl (C=O) groups excluding carboxylic acids is 1. The van der Waals surface area contributed by atoms with Gasteiger partial charge in [0.05, 0.1) is 13.1 Å². The van der Waals surface area contributed by atoms with Gasteiger partial charge in [0.15, 0.2) is 5.69 Å². The third-order valence-electron chi connectivity index (χ3n) is 7.67. The van der Waals surface area contributed by atoms with E-state index in [1.54, 1.807) is 0 Å². The molecule has 0 spiro atoms. The van der Waals surface area contributed by atoms with Crippen LogP contribution in [0, 0.1) is 38.5 Å². The quantitative estimate of drug-likeness (QED) is 0.233. The molecule has 1 saturated carbocycles. The van der Waals surface area contributed by atoms with Crippen LogP contribution in [-0.2, 0) is 11.2 Å². The molecule has 3 aliphatic rings. The third-order valence-corrected chi connectivity index (χ3v) is 7.89. The van der Waals surface area contributed by atoms with Crippen molar-refractivity contribution in [1.29, 1.82) is 0 Å². The summed E-state index contributed by atoms with van der Waals surface area (Å²) in [6.07, 6.45) is 33.4. The summed E-state index contributed by atoms with van der Waals surface area (Å²) in [6, 6.07) is 14.8. The number of likely N-dealkylation sites (tertiary alicyclic amines) is 1. The summed E-state index contributed by atoms with van der Waals surface area (Å²) in [6.45, 7) is 6.51. The second kappa shape index (κ2) is 24.1. The monoisotopic (exact) mass is 613 g/mol. The number of quaternary nitrogens is 1. The Hall–Kier alpha value is -3.37. The molecule has 1 aromatic carbocycles. The fourth-order valence-corrected chi connectivity index (χ4v) is 5.71. The van der Waals surface area contributed by atoms with Crippen LogP contribution in [0.2, 0.25) is 5.15 Å². The zero-order valence-corrected chi connectivity index (χ0v) is 26.5. The van der Waals surface area contributed by atoms with Crippen LogP contribution in [0.3, 0.4) is 0 Å². The van der Waals surface area contributed by atoms with Crippen molar-refractivity contribution in [3.05, 3.63) is 64.4 Å². The van der Waals surface area contributed by atoms with Gasteiger partial charge in [0.2, 0.25) is 12.3 Å². The van der Waals surface area contributed by atoms with Crippen molar-refractivity contribution in [2.45, 2.75) is 88.9 Å². The van der Waals surface area contributed by atoms with Gasteiger partial charge in [0.25, 0.3) is 5.15 Å². The molecule has 0 bridgehead atoms. The number of piperidine rings is 1. The first-order valence-corrected chi connectivity index (χ1v) is 15.4. The van der Waals surface area contributed by atoms with Gasteiger partial charge in [-0.15, -0.1) is 38.5 Å². The maximum atomic E-state index is 12.2. The fraction of sp³-hybridized carbons (Fsp3) is 0.500. The number of nitrogens with one attached hydrogen (secondary N) is 1. The molecule has 3 N–H and O–H groups in total. The Morgan fingerprint density at radius 2 is 1.53 bits per heavy atom. The molecule has 5 rings (SSSR count). The number of H-pyrrole nitrogens is 1. The van der Waals surface area contributed by atoms with E-state index in [1.165, 1.54) is 42.8 Å². The van der Waals surface area contributed by atoms with Crippen LogP contribution < -0.4 is 10.3 Å². The summed E-state index contributed by atoms with van der Waals surface area (Å²) in [4.78, 5) is 15.7. The molecule has 0 radical (unpaired) electrons. The molecule has 2 aromatic rings. The minimum Gasteiger partial charge on any atom is -0.346 e. The maximum Gasteiger partial charge on any atom is 0.273 e. The van der Waals surface area contributed by atoms with Crippen molar-refractivity contribution in [3.8, 4) is 38.5 Å². The van der Waals surface area contributed by atoms with Crippen molar-refractivity contribution >= 4 is 18.0 Å². The molecule has 3 heterocycles. The number of hydrogen-bond acceptors (Lipinski definition) is 1. The van der Waals surface area contributed by atoms with Crippen molar-refractivity contribution in [2.24, 2.45) is 0 Å². The van der Waals surface area contributed by atoms with E-state index in [0.717, 1.165) is 56.3 Å². The summed E-state index contributed by atoms with van der Waals surface area (Å²) in [5.74, 6) is -0.953. The first-order valence-electron chi connectivity index (χ1n) is 15.1. The third kappa shape index (κ3) is 15.6. The molecule has 1 atom stereocenters. The molecule has 0 unspecified atom stereocenters. The lowest BCUT2D eigenvalue weighted by atomic mass is 9.90. The normalized spacial score (nSPS) is 18.5. The molecule has 2 aliphatic heterocycles. The van der Waals surface area contributed by atoms with Crippen molar-refractivity contribution in [2.75, 3.05) is 26.2 Å². The maximum absolute atomic E-state index is 12.2. The van der Waals surface area contributed by atoms with Gasteiger partial charge in [-0.1, -0.05) is 43.7 Å². The van der Waals surface area contributed by atoms with Gasteiger partial charge in [0, 0.05) is 56.3 Å². The molecule has 3 fully saturated rings. The molecule has 234 valence electrons. The minimum atomic E-state index is -2.32. The number of terminal acetylenes is 3. The summed E-state index contributed by atoms with van der Waals surface area (Å²) in [5.41, 5.74) is 4.23. The largest absolute Gasteiger partial charge is 0.346 e. The highest BCUT2D eigenvalue weighted by molar-refractivity contribution is 6.28. The predicted octanol–water partition coefficient (Wildman–Crippen LogP) is 6.51. The van der Waals surface area contributed by atoms with E-state index in [2.05, 4.69) is 86.1 Å². The lowest BCUT2D eigenvalue weighted by molar-refractivity contribution is -0.636. The predicted molar refractivity (Wildman–Crippen MR) is 175 cm³/mol. The zero-order chi connectivity index (χ0) is 32.5. The molecule has 2 saturated heterocycles. The number of pyridine rings is 1. The first-order chi connectivity index (χ1) is 20.9. The highest BCUT2D eigenvalue weighted by Crippen LogP contribution is 2.32. The Morgan fingerprint density at radius 1 is 0.930 bits per heavy atom. The number of aromatic amines is 1. The highest BCUT2D eigenvalue weighted by Gasteiger charge is 2.30. The number of carbonyl (C=O) groups is 1. The molecule has 1 aromatic heterocycles. The Morgan fingerprint density at radius 3 is 2.00 bits per heavy atom. The average molecular weight is 614 g/mol. The highest BCUT2D eigenvalue weighted by atomic mass is 35.5. The van der Waals surface area contributed by atoms with Gasteiger partial charge in [0.1, 0.15) is 0 Å². The smallest absolute Gasteiger partial charge is 0.273 e. The second-order valence-electron chi connectivity index (χ2n) is 10.5. The summed E-state index contributed by atoms with van der Waals surface area (Å²) < 4.78 is 24.4. The topological polar surface area (TPSA) is 51.1 Å². The number of aromatic nitrogens is 1. The zero-order valence-electron chi connectivity index (χ0n) is 25.7. The molecule has 43 heavy (non-hydrogen) atoms. The number of nitrogens with zero attached hydrogens (tertiary/aromatic N) is 1. The first kappa shape index (κ1) is 39.6. The van der Waals surface area contributed by atoms with Gasteiger partial charge in [-0.25, -0.2) is 8.78 Å². The summed E-state index contributed by atoms with van der Waals surface area (Å²) in [7, 11) is 0. The summed E-state index contributed by atoms with van der Waals surface area (Å²) in [5, 5.41) is 3.15. The van der Waals surface area contributed by atoms with Gasteiger partial charge < -0.3 is 10.2 Å². The Bertz CT molecular complexity index is 1030. The van der Waals surface area contributed by atoms with Crippen LogP contribution in [0.25, 0.3) is 0 Å². The summed E-state index contributed by atoms with van der Waals surface area (Å²) >= 11 is 6.00. The molecule has 1 aliphatic carbocycles. The van der Waals surface area contributed by atoms with Crippen LogP contribution in [0.4, 0.5) is 8.78 Å². The van der Waals surface area contributed by atoms with E-state index < -0.39 is 5.92 Å². The molecule has 1 amide bonds. The lowest BCUT2D eigenvalue weighted by Gasteiger charge is -2.29. The number of aryl methyl sites for hydroxylation is 1. The van der Waals surface area contributed by atoms with Crippen LogP contribution in [0.1, 0.15) is 93.4 Å². The van der Waals surface area contributed by atoms with Gasteiger partial charge >= 0.3 is 0 Å². The number of rotatable bonds is 5. The van der Waals surface area contributed by atoms with Crippen LogP contribution in [0.5, 0.6) is 0 Å². The Balaban J connectivity index is 0.000000584. The molecular formula is C36H50ClF2N3O+2. The fourth-order valence-electron chi connectivity index (χ4n) is 5.53. The number of amides is 1. The average Bonchev–Trinajstić information content (AvgIpc) is 3.60. The van der Waals surface area contributed by atoms with Gasteiger partial charge in [-0.3, -0.25) is 4.79 Å². The van der Waals surface area contributed by atoms with Gasteiger partial charge in [-0.2, -0.15) is 4.98 Å². The van der Waals surface area contributed by atoms with Crippen LogP contribution in [-0.4, -0.2) is 43.4 Å². The minimum absolute atomic E-state index is 0.118. The number of benzene rings is 1. The SMILES string of the molecule is C#C.C#C.C#C.CCCc1[nH+]c(Cl)ccc1[C@H]1CC[NH2+]C1.FC1(F)CCCCC1.O=CN1CCC(c2ccccc2)CC1. The number of hydrogen-bond donors (Lipinski definition) is 1. The molecule has 4 nitrogen and oxygen atoms in total. The van der Waals surface area contributed by atoms with Crippen LogP contribution in [0.15, 0.2) is 42.5 Å².